The number of carbonyl (C=O) groups excluding carboxylic acids is 2. The van der Waals surface area contributed by atoms with Crippen molar-refractivity contribution in [3.63, 3.8) is 0 Å². The number of hydrogen-bond acceptors (Lipinski definition) is 11. The van der Waals surface area contributed by atoms with Crippen molar-refractivity contribution in [3.8, 4) is 0 Å². The molecule has 180 valence electrons. The number of nitrogens with one attached hydrogen (secondary N) is 1. The van der Waals surface area contributed by atoms with Gasteiger partial charge in [0, 0.05) is 17.9 Å². The predicted octanol–water partition coefficient (Wildman–Crippen LogP) is 1.18. The van der Waals surface area contributed by atoms with Crippen molar-refractivity contribution in [1.82, 2.24) is 30.2 Å². The number of β-lactam (4-membered cyclic amide) rings is 1. The molecule has 2 aromatic rings. The van der Waals surface area contributed by atoms with Gasteiger partial charge < -0.3 is 20.5 Å². The molecule has 1 fully saturated rings. The van der Waals surface area contributed by atoms with Crippen molar-refractivity contribution in [2.75, 3.05) is 11.5 Å². The lowest BCUT2D eigenvalue weighted by molar-refractivity contribution is -0.389. The van der Waals surface area contributed by atoms with Gasteiger partial charge in [-0.05, 0) is 24.3 Å². The molecule has 0 aliphatic carbocycles. The van der Waals surface area contributed by atoms with Crippen LogP contribution in [-0.4, -0.2) is 75.6 Å². The highest BCUT2D eigenvalue weighted by molar-refractivity contribution is 8.01. The Bertz CT molecular complexity index is 1210. The molecule has 2 N–H and O–H groups in total. The molecule has 0 radical (unpaired) electrons. The number of nitrogens with zero attached hydrogens (tertiary/aromatic N) is 6. The average molecular weight is 526 g/mol. The number of fused-ring (bicyclic) bond motifs is 1. The number of thioether (sulfide) groups is 2. The number of carboxylic acids is 1. The molecule has 2 amide bonds. The van der Waals surface area contributed by atoms with E-state index in [1.54, 1.807) is 6.92 Å². The molecule has 34 heavy (non-hydrogen) atoms. The fourth-order valence-electron chi connectivity index (χ4n) is 3.54. The van der Waals surface area contributed by atoms with Gasteiger partial charge >= 0.3 is 11.8 Å². The van der Waals surface area contributed by atoms with Crippen molar-refractivity contribution < 1.29 is 24.4 Å². The number of carboxylic acid groups (broad SMARTS) is 1. The van der Waals surface area contributed by atoms with Gasteiger partial charge in [0.25, 0.3) is 5.91 Å². The Kier molecular flexibility index (Phi) is 6.90. The van der Waals surface area contributed by atoms with Crippen LogP contribution < -0.4 is 5.32 Å². The van der Waals surface area contributed by atoms with Crippen LogP contribution in [0.15, 0.2) is 21.7 Å². The van der Waals surface area contributed by atoms with Gasteiger partial charge in [0.15, 0.2) is 4.34 Å². The highest BCUT2D eigenvalue weighted by atomic mass is 32.2. The lowest BCUT2D eigenvalue weighted by Crippen LogP contribution is -2.70. The van der Waals surface area contributed by atoms with Gasteiger partial charge in [-0.1, -0.05) is 23.1 Å². The summed E-state index contributed by atoms with van der Waals surface area (Å²) in [6.45, 7) is 3.59. The monoisotopic (exact) mass is 525 g/mol. The van der Waals surface area contributed by atoms with E-state index < -0.39 is 34.1 Å². The molecule has 0 saturated carbocycles. The zero-order chi connectivity index (χ0) is 24.6. The van der Waals surface area contributed by atoms with Crippen LogP contribution in [0.25, 0.3) is 0 Å². The molecule has 2 aliphatic rings. The van der Waals surface area contributed by atoms with E-state index in [2.05, 4.69) is 20.6 Å². The Labute approximate surface area is 205 Å². The first-order valence-electron chi connectivity index (χ1n) is 9.96. The molecule has 4 rings (SSSR count). The molecule has 0 aromatic carbocycles. The van der Waals surface area contributed by atoms with Gasteiger partial charge in [-0.2, -0.15) is 4.68 Å². The normalized spacial score (nSPS) is 19.6. The number of hydrogen-bond donors (Lipinski definition) is 2. The first-order chi connectivity index (χ1) is 16.2. The predicted molar refractivity (Wildman–Crippen MR) is 123 cm³/mol. The Morgan fingerprint density at radius 3 is 2.76 bits per heavy atom. The van der Waals surface area contributed by atoms with Gasteiger partial charge in [-0.15, -0.1) is 22.0 Å². The van der Waals surface area contributed by atoms with Crippen molar-refractivity contribution in [2.24, 2.45) is 0 Å². The molecular weight excluding hydrogens is 506 g/mol. The summed E-state index contributed by atoms with van der Waals surface area (Å²) in [7, 11) is 0. The third kappa shape index (κ3) is 4.78. The largest absolute Gasteiger partial charge is 0.477 e. The summed E-state index contributed by atoms with van der Waals surface area (Å²) in [5, 5.41) is 35.3. The van der Waals surface area contributed by atoms with Crippen LogP contribution in [0.1, 0.15) is 17.1 Å². The summed E-state index contributed by atoms with van der Waals surface area (Å²) in [4.78, 5) is 48.6. The number of amides is 2. The van der Waals surface area contributed by atoms with E-state index in [1.807, 2.05) is 6.92 Å². The topological polar surface area (TPSA) is 173 Å². The van der Waals surface area contributed by atoms with Crippen molar-refractivity contribution in [2.45, 2.75) is 42.6 Å². The Morgan fingerprint density at radius 1 is 1.38 bits per heavy atom. The summed E-state index contributed by atoms with van der Waals surface area (Å²) >= 11 is 4.17. The van der Waals surface area contributed by atoms with Gasteiger partial charge in [0.1, 0.15) is 22.1 Å². The SMILES string of the molecule is Cc1nnc(SCC2=C(C(=O)O)N3C(=O)[C@H](NC(=O)CCn4nc([N+](=O)[O-])cc4C)[C@H]3SC2)s1. The molecule has 2 aliphatic heterocycles. The Hall–Kier alpha value is -2.98. The second kappa shape index (κ2) is 9.71. The minimum absolute atomic E-state index is 0.0361. The molecule has 0 spiro atoms. The first-order valence-corrected chi connectivity index (χ1v) is 12.8. The summed E-state index contributed by atoms with van der Waals surface area (Å²) < 4.78 is 2.08. The van der Waals surface area contributed by atoms with E-state index in [9.17, 15) is 29.6 Å². The summed E-state index contributed by atoms with van der Waals surface area (Å²) in [6.07, 6.45) is -0.0361. The van der Waals surface area contributed by atoms with Gasteiger partial charge in [-0.25, -0.2) is 4.79 Å². The maximum Gasteiger partial charge on any atom is 0.390 e. The molecule has 13 nitrogen and oxygen atoms in total. The molecule has 1 saturated heterocycles. The molecule has 2 aromatic heterocycles. The summed E-state index contributed by atoms with van der Waals surface area (Å²) in [5.74, 6) is -1.63. The average Bonchev–Trinajstić information content (AvgIpc) is 3.38. The Morgan fingerprint density at radius 2 is 2.15 bits per heavy atom. The van der Waals surface area contributed by atoms with Gasteiger partial charge in [0.05, 0.1) is 23.4 Å². The second-order valence-corrected chi connectivity index (χ2v) is 11.0. The highest BCUT2D eigenvalue weighted by Crippen LogP contribution is 2.41. The van der Waals surface area contributed by atoms with Crippen molar-refractivity contribution in [1.29, 1.82) is 0 Å². The van der Waals surface area contributed by atoms with Crippen LogP contribution in [0.5, 0.6) is 0 Å². The molecule has 16 heteroatoms. The van der Waals surface area contributed by atoms with Crippen LogP contribution >= 0.6 is 34.9 Å². The van der Waals surface area contributed by atoms with Crippen LogP contribution in [0.2, 0.25) is 0 Å². The van der Waals surface area contributed by atoms with E-state index >= 15 is 0 Å². The third-order valence-corrected chi connectivity index (χ3v) is 8.55. The van der Waals surface area contributed by atoms with Gasteiger partial charge in [0.2, 0.25) is 5.91 Å². The molecular formula is C18H19N7O6S3. The van der Waals surface area contributed by atoms with E-state index in [-0.39, 0.29) is 24.5 Å². The van der Waals surface area contributed by atoms with E-state index in [4.69, 9.17) is 0 Å². The number of rotatable bonds is 9. The fourth-order valence-corrected chi connectivity index (χ4v) is 6.84. The standard InChI is InChI=1S/C18H19N7O6S3/c1-8-5-11(25(30)31)22-23(8)4-3-12(26)19-13-15(27)24-14(17(28)29)10(6-32-16(13)24)7-33-18-21-20-9(2)34-18/h5,13,16H,3-4,6-7H2,1-2H3,(H,19,26)(H,28,29)/t13-,16+/m0/s1. The minimum Gasteiger partial charge on any atom is -0.477 e. The second-order valence-electron chi connectivity index (χ2n) is 7.46. The molecule has 4 heterocycles. The van der Waals surface area contributed by atoms with Crippen molar-refractivity contribution in [3.05, 3.63) is 38.2 Å². The molecule has 0 unspecified atom stereocenters. The third-order valence-electron chi connectivity index (χ3n) is 5.15. The van der Waals surface area contributed by atoms with E-state index in [0.717, 1.165) is 9.35 Å². The fraction of sp³-hybridized carbons (Fsp3) is 0.444. The van der Waals surface area contributed by atoms with Crippen LogP contribution in [0.4, 0.5) is 5.82 Å². The molecule has 2 atom stereocenters. The number of aliphatic carboxylic acids is 1. The number of nitro groups is 1. The van der Waals surface area contributed by atoms with Crippen LogP contribution in [0, 0.1) is 24.0 Å². The van der Waals surface area contributed by atoms with Crippen molar-refractivity contribution >= 4 is 58.5 Å². The quantitative estimate of drug-likeness (QED) is 0.208. The maximum absolute atomic E-state index is 12.8. The summed E-state index contributed by atoms with van der Waals surface area (Å²) in [6, 6.07) is 0.478. The van der Waals surface area contributed by atoms with E-state index in [1.165, 1.54) is 50.5 Å². The summed E-state index contributed by atoms with van der Waals surface area (Å²) in [5.41, 5.74) is 1.10. The number of carbonyl (C=O) groups is 3. The van der Waals surface area contributed by atoms with Crippen LogP contribution in [0.3, 0.4) is 0 Å². The smallest absolute Gasteiger partial charge is 0.390 e. The maximum atomic E-state index is 12.8. The number of aryl methyl sites for hydroxylation is 3. The zero-order valence-electron chi connectivity index (χ0n) is 18.0. The van der Waals surface area contributed by atoms with Gasteiger partial charge in [-0.3, -0.25) is 14.5 Å². The van der Waals surface area contributed by atoms with Crippen LogP contribution in [-0.2, 0) is 20.9 Å². The lowest BCUT2D eigenvalue weighted by atomic mass is 10.0. The Balaban J connectivity index is 1.37. The van der Waals surface area contributed by atoms with E-state index in [0.29, 0.717) is 22.8 Å². The number of aromatic nitrogens is 4. The zero-order valence-corrected chi connectivity index (χ0v) is 20.4. The lowest BCUT2D eigenvalue weighted by Gasteiger charge is -2.49. The molecule has 0 bridgehead atoms. The highest BCUT2D eigenvalue weighted by Gasteiger charge is 2.54. The first kappa shape index (κ1) is 24.2. The minimum atomic E-state index is -1.19.